The van der Waals surface area contributed by atoms with E-state index in [1.165, 1.54) is 12.0 Å². The molecule has 3 heteroatoms. The zero-order valence-electron chi connectivity index (χ0n) is 5.89. The van der Waals surface area contributed by atoms with Crippen molar-refractivity contribution < 1.29 is 9.63 Å². The molecule has 0 rings (SSSR count). The molecule has 0 aliphatic rings. The number of hydrogen-bond acceptors (Lipinski definition) is 2. The summed E-state index contributed by atoms with van der Waals surface area (Å²) in [6.45, 7) is 7.65. The van der Waals surface area contributed by atoms with Crippen molar-refractivity contribution in [2.45, 2.75) is 13.8 Å². The van der Waals surface area contributed by atoms with E-state index in [2.05, 4.69) is 6.92 Å². The number of carbonyl (C=O) groups excluding carboxylic acids is 1. The van der Waals surface area contributed by atoms with Crippen LogP contribution >= 0.6 is 0 Å². The van der Waals surface area contributed by atoms with E-state index in [0.29, 0.717) is 13.2 Å². The third kappa shape index (κ3) is 3.08. The number of carbonyl (C=O) groups is 1. The molecule has 0 aliphatic carbocycles. The van der Waals surface area contributed by atoms with E-state index in [9.17, 15) is 4.79 Å². The van der Waals surface area contributed by atoms with E-state index < -0.39 is 0 Å². The van der Waals surface area contributed by atoms with Gasteiger partial charge in [0, 0.05) is 13.5 Å². The summed E-state index contributed by atoms with van der Waals surface area (Å²) in [5.74, 6) is -0.105. The SMILES string of the molecule is [CH2]CN(OCC)C(C)=O. The molecular weight excluding hydrogens is 118 g/mol. The van der Waals surface area contributed by atoms with Gasteiger partial charge >= 0.3 is 0 Å². The molecule has 0 saturated heterocycles. The van der Waals surface area contributed by atoms with Crippen LogP contribution in [0.15, 0.2) is 0 Å². The first-order valence-corrected chi connectivity index (χ1v) is 2.92. The van der Waals surface area contributed by atoms with Gasteiger partial charge in [-0.3, -0.25) is 9.63 Å². The Balaban J connectivity index is 3.54. The molecule has 0 bridgehead atoms. The highest BCUT2D eigenvalue weighted by Crippen LogP contribution is 1.88. The molecule has 9 heavy (non-hydrogen) atoms. The molecule has 0 aromatic heterocycles. The minimum atomic E-state index is -0.105. The summed E-state index contributed by atoms with van der Waals surface area (Å²) in [4.78, 5) is 15.4. The largest absolute Gasteiger partial charge is 0.273 e. The Morgan fingerprint density at radius 1 is 1.78 bits per heavy atom. The Morgan fingerprint density at radius 2 is 2.33 bits per heavy atom. The van der Waals surface area contributed by atoms with E-state index in [4.69, 9.17) is 4.84 Å². The maximum atomic E-state index is 10.5. The van der Waals surface area contributed by atoms with Gasteiger partial charge in [-0.1, -0.05) is 0 Å². The Hall–Kier alpha value is -0.570. The topological polar surface area (TPSA) is 29.5 Å². The van der Waals surface area contributed by atoms with Crippen molar-refractivity contribution in [3.8, 4) is 0 Å². The van der Waals surface area contributed by atoms with Gasteiger partial charge in [-0.25, -0.2) is 5.06 Å². The first-order valence-electron chi connectivity index (χ1n) is 2.92. The quantitative estimate of drug-likeness (QED) is 0.524. The lowest BCUT2D eigenvalue weighted by atomic mass is 10.6. The summed E-state index contributed by atoms with van der Waals surface area (Å²) >= 11 is 0. The number of rotatable bonds is 3. The molecule has 0 aliphatic heterocycles. The number of nitrogens with zero attached hydrogens (tertiary/aromatic N) is 1. The van der Waals surface area contributed by atoms with Crippen molar-refractivity contribution in [1.29, 1.82) is 0 Å². The Morgan fingerprint density at radius 3 is 2.44 bits per heavy atom. The lowest BCUT2D eigenvalue weighted by Gasteiger charge is -2.16. The summed E-state index contributed by atoms with van der Waals surface area (Å²) in [5.41, 5.74) is 0. The van der Waals surface area contributed by atoms with Gasteiger partial charge in [-0.2, -0.15) is 0 Å². The lowest BCUT2D eigenvalue weighted by Crippen LogP contribution is -2.28. The molecule has 3 nitrogen and oxygen atoms in total. The average Bonchev–Trinajstić information content (AvgIpc) is 1.82. The molecule has 53 valence electrons. The highest BCUT2D eigenvalue weighted by Gasteiger charge is 2.02. The summed E-state index contributed by atoms with van der Waals surface area (Å²) < 4.78 is 0. The standard InChI is InChI=1S/C6H12NO2/c1-4-7(6(3)8)9-5-2/h1,4-5H2,2-3H3. The number of hydrogen-bond donors (Lipinski definition) is 0. The fourth-order valence-electron chi connectivity index (χ4n) is 0.469. The van der Waals surface area contributed by atoms with Crippen LogP contribution in [0.25, 0.3) is 0 Å². The Labute approximate surface area is 55.6 Å². The van der Waals surface area contributed by atoms with E-state index >= 15 is 0 Å². The lowest BCUT2D eigenvalue weighted by molar-refractivity contribution is -0.179. The van der Waals surface area contributed by atoms with Crippen LogP contribution in [0.3, 0.4) is 0 Å². The van der Waals surface area contributed by atoms with Gasteiger partial charge in [0.05, 0.1) is 6.61 Å². The van der Waals surface area contributed by atoms with E-state index in [1.807, 2.05) is 6.92 Å². The summed E-state index contributed by atoms with van der Waals surface area (Å²) in [6.07, 6.45) is 0. The first-order chi connectivity index (χ1) is 4.22. The smallest absolute Gasteiger partial charge is 0.242 e. The molecule has 0 N–H and O–H groups in total. The predicted octanol–water partition coefficient (Wildman–Crippen LogP) is 0.620. The molecule has 0 atom stereocenters. The fraction of sp³-hybridized carbons (Fsp3) is 0.667. The van der Waals surface area contributed by atoms with E-state index in [1.54, 1.807) is 0 Å². The maximum absolute atomic E-state index is 10.5. The minimum Gasteiger partial charge on any atom is -0.273 e. The van der Waals surface area contributed by atoms with Crippen LogP contribution in [0, 0.1) is 6.92 Å². The predicted molar refractivity (Wildman–Crippen MR) is 34.4 cm³/mol. The second-order valence-corrected chi connectivity index (χ2v) is 1.54. The number of amides is 1. The Bertz CT molecular complexity index is 93.1. The van der Waals surface area contributed by atoms with Crippen LogP contribution in [0.2, 0.25) is 0 Å². The van der Waals surface area contributed by atoms with Gasteiger partial charge in [0.1, 0.15) is 0 Å². The average molecular weight is 130 g/mol. The molecule has 0 aromatic rings. The molecular formula is C6H12NO2. The van der Waals surface area contributed by atoms with Crippen molar-refractivity contribution in [2.75, 3.05) is 13.2 Å². The van der Waals surface area contributed by atoms with Crippen LogP contribution in [0.4, 0.5) is 0 Å². The third-order valence-corrected chi connectivity index (χ3v) is 0.839. The molecule has 0 spiro atoms. The van der Waals surface area contributed by atoms with Crippen LogP contribution < -0.4 is 0 Å². The summed E-state index contributed by atoms with van der Waals surface area (Å²) in [6, 6.07) is 0. The highest BCUT2D eigenvalue weighted by molar-refractivity contribution is 5.71. The summed E-state index contributed by atoms with van der Waals surface area (Å²) in [7, 11) is 0. The van der Waals surface area contributed by atoms with Crippen molar-refractivity contribution in [3.63, 3.8) is 0 Å². The minimum absolute atomic E-state index is 0.105. The van der Waals surface area contributed by atoms with Crippen LogP contribution in [0.5, 0.6) is 0 Å². The van der Waals surface area contributed by atoms with Crippen LogP contribution in [0.1, 0.15) is 13.8 Å². The second kappa shape index (κ2) is 4.32. The van der Waals surface area contributed by atoms with Crippen molar-refractivity contribution >= 4 is 5.91 Å². The molecule has 0 fully saturated rings. The van der Waals surface area contributed by atoms with Gasteiger partial charge in [-0.15, -0.1) is 0 Å². The fourth-order valence-corrected chi connectivity index (χ4v) is 0.469. The zero-order chi connectivity index (χ0) is 7.28. The highest BCUT2D eigenvalue weighted by atomic mass is 16.7. The zero-order valence-corrected chi connectivity index (χ0v) is 5.89. The maximum Gasteiger partial charge on any atom is 0.242 e. The molecule has 1 amide bonds. The van der Waals surface area contributed by atoms with Gasteiger partial charge in [0.25, 0.3) is 0 Å². The van der Waals surface area contributed by atoms with E-state index in [-0.39, 0.29) is 5.91 Å². The molecule has 0 heterocycles. The van der Waals surface area contributed by atoms with E-state index in [0.717, 1.165) is 0 Å². The van der Waals surface area contributed by atoms with Gasteiger partial charge < -0.3 is 0 Å². The third-order valence-electron chi connectivity index (χ3n) is 0.839. The Kier molecular flexibility index (Phi) is 4.05. The monoisotopic (exact) mass is 130 g/mol. The normalized spacial score (nSPS) is 9.22. The van der Waals surface area contributed by atoms with Crippen LogP contribution in [-0.4, -0.2) is 24.1 Å². The molecule has 0 aromatic carbocycles. The van der Waals surface area contributed by atoms with Gasteiger partial charge in [0.15, 0.2) is 0 Å². The first kappa shape index (κ1) is 8.43. The van der Waals surface area contributed by atoms with Gasteiger partial charge in [-0.05, 0) is 13.8 Å². The van der Waals surface area contributed by atoms with Crippen molar-refractivity contribution in [1.82, 2.24) is 5.06 Å². The molecule has 0 unspecified atom stereocenters. The van der Waals surface area contributed by atoms with Crippen LogP contribution in [-0.2, 0) is 9.63 Å². The second-order valence-electron chi connectivity index (χ2n) is 1.54. The van der Waals surface area contributed by atoms with Gasteiger partial charge in [0.2, 0.25) is 5.91 Å². The number of hydroxylamine groups is 2. The molecule has 0 saturated carbocycles. The van der Waals surface area contributed by atoms with Crippen molar-refractivity contribution in [3.05, 3.63) is 6.92 Å². The molecule has 1 radical (unpaired) electrons. The van der Waals surface area contributed by atoms with Crippen molar-refractivity contribution in [2.24, 2.45) is 0 Å². The summed E-state index contributed by atoms with van der Waals surface area (Å²) in [5, 5.41) is 1.22.